The Balaban J connectivity index is 2.10. The lowest BCUT2D eigenvalue weighted by molar-refractivity contribution is 0.269. The first kappa shape index (κ1) is 21.3. The molecule has 0 heterocycles. The van der Waals surface area contributed by atoms with Crippen molar-refractivity contribution >= 4 is 46.7 Å². The number of halogens is 2. The van der Waals surface area contributed by atoms with Crippen LogP contribution in [0.15, 0.2) is 41.5 Å². The molecule has 2 N–H and O–H groups in total. The van der Waals surface area contributed by atoms with Crippen molar-refractivity contribution in [2.75, 3.05) is 13.2 Å². The number of benzene rings is 2. The van der Waals surface area contributed by atoms with Crippen LogP contribution < -0.4 is 20.2 Å². The fourth-order valence-electron chi connectivity index (χ4n) is 2.18. The highest BCUT2D eigenvalue weighted by Crippen LogP contribution is 2.31. The SMILES string of the molecule is CCNC(=S)N/N=C/c1ccc(OCc2c(Cl)cccc2Cl)c(OCC)c1. The van der Waals surface area contributed by atoms with Crippen LogP contribution in [0, 0.1) is 0 Å². The number of hydrazone groups is 1. The molecular formula is C19H21Cl2N3O2S. The monoisotopic (exact) mass is 425 g/mol. The summed E-state index contributed by atoms with van der Waals surface area (Å²) in [5, 5.41) is 8.64. The molecule has 0 aliphatic carbocycles. The van der Waals surface area contributed by atoms with Gasteiger partial charge < -0.3 is 14.8 Å². The average Bonchev–Trinajstić information content (AvgIpc) is 2.63. The lowest BCUT2D eigenvalue weighted by Crippen LogP contribution is -2.31. The van der Waals surface area contributed by atoms with E-state index >= 15 is 0 Å². The maximum absolute atomic E-state index is 6.19. The maximum atomic E-state index is 6.19. The van der Waals surface area contributed by atoms with Crippen molar-refractivity contribution in [3.05, 3.63) is 57.6 Å². The summed E-state index contributed by atoms with van der Waals surface area (Å²) in [6, 6.07) is 10.9. The second-order valence-electron chi connectivity index (χ2n) is 5.36. The van der Waals surface area contributed by atoms with E-state index in [4.69, 9.17) is 44.9 Å². The summed E-state index contributed by atoms with van der Waals surface area (Å²) < 4.78 is 11.6. The molecule has 2 rings (SSSR count). The summed E-state index contributed by atoms with van der Waals surface area (Å²) in [5.41, 5.74) is 4.32. The molecule has 0 bridgehead atoms. The molecule has 2 aromatic rings. The smallest absolute Gasteiger partial charge is 0.186 e. The van der Waals surface area contributed by atoms with Crippen LogP contribution in [0.5, 0.6) is 11.5 Å². The Kier molecular flexibility index (Phi) is 8.64. The van der Waals surface area contributed by atoms with Crippen molar-refractivity contribution in [1.82, 2.24) is 10.7 Å². The molecule has 0 fully saturated rings. The van der Waals surface area contributed by atoms with Gasteiger partial charge >= 0.3 is 0 Å². The van der Waals surface area contributed by atoms with E-state index in [1.54, 1.807) is 24.4 Å². The van der Waals surface area contributed by atoms with Gasteiger partial charge in [-0.3, -0.25) is 5.43 Å². The van der Waals surface area contributed by atoms with Crippen LogP contribution >= 0.6 is 35.4 Å². The molecule has 0 aromatic heterocycles. The van der Waals surface area contributed by atoms with Crippen LogP contribution in [0.4, 0.5) is 0 Å². The van der Waals surface area contributed by atoms with E-state index in [2.05, 4.69) is 15.8 Å². The molecule has 0 aliphatic heterocycles. The Hall–Kier alpha value is -2.02. The first-order valence-corrected chi connectivity index (χ1v) is 9.61. The minimum Gasteiger partial charge on any atom is -0.490 e. The zero-order chi connectivity index (χ0) is 19.6. The van der Waals surface area contributed by atoms with Crippen molar-refractivity contribution < 1.29 is 9.47 Å². The zero-order valence-corrected chi connectivity index (χ0v) is 17.4. The second kappa shape index (κ2) is 11.0. The molecule has 144 valence electrons. The van der Waals surface area contributed by atoms with Crippen LogP contribution in [0.2, 0.25) is 10.0 Å². The van der Waals surface area contributed by atoms with Gasteiger partial charge in [0.2, 0.25) is 0 Å². The van der Waals surface area contributed by atoms with E-state index in [0.29, 0.717) is 33.3 Å². The van der Waals surface area contributed by atoms with Crippen LogP contribution in [0.25, 0.3) is 0 Å². The van der Waals surface area contributed by atoms with E-state index in [9.17, 15) is 0 Å². The van der Waals surface area contributed by atoms with Crippen molar-refractivity contribution in [3.8, 4) is 11.5 Å². The van der Waals surface area contributed by atoms with Gasteiger partial charge in [-0.05, 0) is 62.0 Å². The molecule has 5 nitrogen and oxygen atoms in total. The normalized spacial score (nSPS) is 10.7. The van der Waals surface area contributed by atoms with Gasteiger partial charge in [-0.1, -0.05) is 29.3 Å². The first-order chi connectivity index (χ1) is 13.0. The number of hydrogen-bond acceptors (Lipinski definition) is 4. The number of thiocarbonyl (C=S) groups is 1. The third kappa shape index (κ3) is 6.57. The summed E-state index contributed by atoms with van der Waals surface area (Å²) in [7, 11) is 0. The number of hydrogen-bond donors (Lipinski definition) is 2. The van der Waals surface area contributed by atoms with E-state index in [1.807, 2.05) is 32.0 Å². The first-order valence-electron chi connectivity index (χ1n) is 8.44. The molecule has 0 radical (unpaired) electrons. The van der Waals surface area contributed by atoms with Crippen LogP contribution in [0.3, 0.4) is 0 Å². The summed E-state index contributed by atoms with van der Waals surface area (Å²) in [6.45, 7) is 5.35. The van der Waals surface area contributed by atoms with E-state index in [0.717, 1.165) is 17.7 Å². The zero-order valence-electron chi connectivity index (χ0n) is 15.1. The third-order valence-electron chi connectivity index (χ3n) is 3.42. The van der Waals surface area contributed by atoms with Gasteiger partial charge in [0, 0.05) is 22.2 Å². The summed E-state index contributed by atoms with van der Waals surface area (Å²) >= 11 is 17.4. The Morgan fingerprint density at radius 3 is 2.52 bits per heavy atom. The predicted octanol–water partition coefficient (Wildman–Crippen LogP) is 4.79. The standard InChI is InChI=1S/C19H21Cl2N3O2S/c1-3-22-19(27)24-23-11-13-8-9-17(18(10-13)25-4-2)26-12-14-15(20)6-5-7-16(14)21/h5-11H,3-4,12H2,1-2H3,(H2,22,24,27)/b23-11+. The van der Waals surface area contributed by atoms with Gasteiger partial charge in [-0.15, -0.1) is 0 Å². The summed E-state index contributed by atoms with van der Waals surface area (Å²) in [5.74, 6) is 1.21. The highest BCUT2D eigenvalue weighted by Gasteiger charge is 2.10. The molecule has 0 spiro atoms. The quantitative estimate of drug-likeness (QED) is 0.361. The lowest BCUT2D eigenvalue weighted by atomic mass is 10.2. The molecule has 0 atom stereocenters. The maximum Gasteiger partial charge on any atom is 0.186 e. The van der Waals surface area contributed by atoms with Gasteiger partial charge in [0.1, 0.15) is 6.61 Å². The topological polar surface area (TPSA) is 54.9 Å². The molecule has 2 aromatic carbocycles. The number of rotatable bonds is 8. The molecule has 0 unspecified atom stereocenters. The summed E-state index contributed by atoms with van der Waals surface area (Å²) in [6.07, 6.45) is 1.65. The van der Waals surface area contributed by atoms with Gasteiger partial charge in [0.25, 0.3) is 0 Å². The Morgan fingerprint density at radius 1 is 1.11 bits per heavy atom. The molecule has 0 saturated carbocycles. The molecule has 0 aliphatic rings. The van der Waals surface area contributed by atoms with Crippen molar-refractivity contribution in [2.24, 2.45) is 5.10 Å². The third-order valence-corrected chi connectivity index (χ3v) is 4.36. The molecule has 8 heteroatoms. The van der Waals surface area contributed by atoms with Gasteiger partial charge in [0.15, 0.2) is 16.6 Å². The summed E-state index contributed by atoms with van der Waals surface area (Å²) in [4.78, 5) is 0. The molecule has 0 saturated heterocycles. The fourth-order valence-corrected chi connectivity index (χ4v) is 2.88. The van der Waals surface area contributed by atoms with Crippen molar-refractivity contribution in [2.45, 2.75) is 20.5 Å². The molecular weight excluding hydrogens is 405 g/mol. The fraction of sp³-hybridized carbons (Fsp3) is 0.263. The van der Waals surface area contributed by atoms with Crippen LogP contribution in [-0.4, -0.2) is 24.5 Å². The number of ether oxygens (including phenoxy) is 2. The average molecular weight is 426 g/mol. The minimum atomic E-state index is 0.241. The minimum absolute atomic E-state index is 0.241. The Morgan fingerprint density at radius 2 is 1.85 bits per heavy atom. The molecule has 27 heavy (non-hydrogen) atoms. The predicted molar refractivity (Wildman–Crippen MR) is 115 cm³/mol. The highest BCUT2D eigenvalue weighted by molar-refractivity contribution is 7.80. The van der Waals surface area contributed by atoms with E-state index in [1.165, 1.54) is 0 Å². The Labute approximate surface area is 174 Å². The van der Waals surface area contributed by atoms with E-state index in [-0.39, 0.29) is 6.61 Å². The lowest BCUT2D eigenvalue weighted by Gasteiger charge is -2.14. The van der Waals surface area contributed by atoms with Crippen LogP contribution in [-0.2, 0) is 6.61 Å². The van der Waals surface area contributed by atoms with Gasteiger partial charge in [0.05, 0.1) is 12.8 Å². The second-order valence-corrected chi connectivity index (χ2v) is 6.58. The van der Waals surface area contributed by atoms with Gasteiger partial charge in [-0.2, -0.15) is 5.10 Å². The Bertz CT molecular complexity index is 795. The largest absolute Gasteiger partial charge is 0.490 e. The highest BCUT2D eigenvalue weighted by atomic mass is 35.5. The number of nitrogens with one attached hydrogen (secondary N) is 2. The van der Waals surface area contributed by atoms with E-state index < -0.39 is 0 Å². The van der Waals surface area contributed by atoms with Crippen molar-refractivity contribution in [1.29, 1.82) is 0 Å². The molecule has 0 amide bonds. The van der Waals surface area contributed by atoms with Crippen LogP contribution in [0.1, 0.15) is 25.0 Å². The number of nitrogens with zero attached hydrogens (tertiary/aromatic N) is 1. The van der Waals surface area contributed by atoms with Gasteiger partial charge in [-0.25, -0.2) is 0 Å². The van der Waals surface area contributed by atoms with Crippen molar-refractivity contribution in [3.63, 3.8) is 0 Å².